The van der Waals surface area contributed by atoms with Crippen molar-refractivity contribution in [2.75, 3.05) is 19.7 Å². The molecule has 0 spiro atoms. The molecule has 1 atom stereocenters. The van der Waals surface area contributed by atoms with E-state index in [0.717, 1.165) is 17.0 Å². The zero-order valence-electron chi connectivity index (χ0n) is 14.6. The maximum absolute atomic E-state index is 12.4. The van der Waals surface area contributed by atoms with Crippen LogP contribution in [-0.4, -0.2) is 51.2 Å². The van der Waals surface area contributed by atoms with Gasteiger partial charge in [-0.3, -0.25) is 4.79 Å². The molecule has 0 aliphatic carbocycles. The van der Waals surface area contributed by atoms with Crippen molar-refractivity contribution in [2.24, 2.45) is 0 Å². The Bertz CT molecular complexity index is 731. The fourth-order valence-corrected chi connectivity index (χ4v) is 3.03. The summed E-state index contributed by atoms with van der Waals surface area (Å²) in [4.78, 5) is 22.5. The number of hydrogen-bond donors (Lipinski definition) is 1. The average Bonchev–Trinajstić information content (AvgIpc) is 2.96. The standard InChI is InChI=1S/C19H23N3O3/c1-14-10-15(2)21-18(20-14)25-13-19(24)8-9-22(12-19)17(23)11-16-6-4-3-5-7-16/h3-7,10,24H,8-9,11-13H2,1-2H3. The highest BCUT2D eigenvalue weighted by Gasteiger charge is 2.39. The summed E-state index contributed by atoms with van der Waals surface area (Å²) in [6, 6.07) is 11.7. The molecule has 1 fully saturated rings. The van der Waals surface area contributed by atoms with Crippen LogP contribution in [0.3, 0.4) is 0 Å². The molecule has 132 valence electrons. The minimum atomic E-state index is -1.06. The van der Waals surface area contributed by atoms with E-state index in [9.17, 15) is 9.90 Å². The van der Waals surface area contributed by atoms with E-state index in [2.05, 4.69) is 9.97 Å². The Kier molecular flexibility index (Phi) is 4.99. The molecular weight excluding hydrogens is 318 g/mol. The van der Waals surface area contributed by atoms with Crippen molar-refractivity contribution in [3.05, 3.63) is 53.3 Å². The van der Waals surface area contributed by atoms with Crippen LogP contribution < -0.4 is 4.74 Å². The van der Waals surface area contributed by atoms with Crippen LogP contribution in [0.5, 0.6) is 6.01 Å². The number of amides is 1. The van der Waals surface area contributed by atoms with Crippen LogP contribution in [-0.2, 0) is 11.2 Å². The summed E-state index contributed by atoms with van der Waals surface area (Å²) in [6.07, 6.45) is 0.830. The topological polar surface area (TPSA) is 75.6 Å². The molecule has 1 aromatic heterocycles. The van der Waals surface area contributed by atoms with Crippen LogP contribution in [0.4, 0.5) is 0 Å². The Morgan fingerprint density at radius 2 is 1.92 bits per heavy atom. The van der Waals surface area contributed by atoms with Gasteiger partial charge in [0.1, 0.15) is 12.2 Å². The van der Waals surface area contributed by atoms with Gasteiger partial charge in [-0.25, -0.2) is 9.97 Å². The summed E-state index contributed by atoms with van der Waals surface area (Å²) in [5.74, 6) is 0.0183. The minimum absolute atomic E-state index is 0.0183. The van der Waals surface area contributed by atoms with Crippen molar-refractivity contribution in [1.29, 1.82) is 0 Å². The number of aryl methyl sites for hydroxylation is 2. The van der Waals surface area contributed by atoms with Crippen molar-refractivity contribution < 1.29 is 14.6 Å². The molecule has 0 bridgehead atoms. The van der Waals surface area contributed by atoms with Gasteiger partial charge in [0.05, 0.1) is 13.0 Å². The number of aromatic nitrogens is 2. The van der Waals surface area contributed by atoms with Crippen LogP contribution in [0.1, 0.15) is 23.4 Å². The molecule has 1 aromatic carbocycles. The van der Waals surface area contributed by atoms with E-state index in [0.29, 0.717) is 19.4 Å². The molecular formula is C19H23N3O3. The summed E-state index contributed by atoms with van der Waals surface area (Å²) in [5, 5.41) is 10.7. The molecule has 2 aromatic rings. The molecule has 1 N–H and O–H groups in total. The van der Waals surface area contributed by atoms with Crippen molar-refractivity contribution in [1.82, 2.24) is 14.9 Å². The number of carbonyl (C=O) groups excluding carboxylic acids is 1. The average molecular weight is 341 g/mol. The fourth-order valence-electron chi connectivity index (χ4n) is 3.03. The molecule has 3 rings (SSSR count). The van der Waals surface area contributed by atoms with Gasteiger partial charge >= 0.3 is 6.01 Å². The summed E-state index contributed by atoms with van der Waals surface area (Å²) < 4.78 is 5.59. The maximum Gasteiger partial charge on any atom is 0.316 e. The number of hydrogen-bond acceptors (Lipinski definition) is 5. The van der Waals surface area contributed by atoms with E-state index in [1.807, 2.05) is 50.2 Å². The van der Waals surface area contributed by atoms with Gasteiger partial charge in [-0.1, -0.05) is 30.3 Å². The second-order valence-corrected chi connectivity index (χ2v) is 6.67. The molecule has 1 saturated heterocycles. The van der Waals surface area contributed by atoms with Crippen molar-refractivity contribution >= 4 is 5.91 Å². The van der Waals surface area contributed by atoms with E-state index < -0.39 is 5.60 Å². The van der Waals surface area contributed by atoms with Crippen LogP contribution >= 0.6 is 0 Å². The number of benzene rings is 1. The molecule has 0 radical (unpaired) electrons. The second-order valence-electron chi connectivity index (χ2n) is 6.67. The van der Waals surface area contributed by atoms with E-state index >= 15 is 0 Å². The number of β-amino-alcohol motifs (C(OH)–C–C–N with tert-alkyl or cyclic N) is 1. The van der Waals surface area contributed by atoms with Gasteiger partial charge in [0.25, 0.3) is 0 Å². The Morgan fingerprint density at radius 1 is 1.24 bits per heavy atom. The first-order chi connectivity index (χ1) is 11.9. The van der Waals surface area contributed by atoms with Gasteiger partial charge in [-0.05, 0) is 31.9 Å². The van der Waals surface area contributed by atoms with Gasteiger partial charge in [0.15, 0.2) is 0 Å². The third-order valence-electron chi connectivity index (χ3n) is 4.31. The lowest BCUT2D eigenvalue weighted by atomic mass is 10.1. The zero-order valence-corrected chi connectivity index (χ0v) is 14.6. The van der Waals surface area contributed by atoms with Gasteiger partial charge in [-0.2, -0.15) is 0 Å². The third-order valence-corrected chi connectivity index (χ3v) is 4.31. The number of aliphatic hydroxyl groups is 1. The van der Waals surface area contributed by atoms with Gasteiger partial charge in [-0.15, -0.1) is 0 Å². The number of carbonyl (C=O) groups is 1. The Balaban J connectivity index is 1.56. The molecule has 6 nitrogen and oxygen atoms in total. The second kappa shape index (κ2) is 7.19. The third kappa shape index (κ3) is 4.54. The quantitative estimate of drug-likeness (QED) is 0.895. The highest BCUT2D eigenvalue weighted by molar-refractivity contribution is 5.79. The van der Waals surface area contributed by atoms with Gasteiger partial charge in [0.2, 0.25) is 5.91 Å². The summed E-state index contributed by atoms with van der Waals surface area (Å²) in [5.41, 5.74) is 1.55. The number of rotatable bonds is 5. The van der Waals surface area contributed by atoms with Crippen molar-refractivity contribution in [2.45, 2.75) is 32.3 Å². The van der Waals surface area contributed by atoms with Gasteiger partial charge < -0.3 is 14.7 Å². The number of nitrogens with zero attached hydrogens (tertiary/aromatic N) is 3. The molecule has 1 aliphatic heterocycles. The zero-order chi connectivity index (χ0) is 17.9. The highest BCUT2D eigenvalue weighted by atomic mass is 16.5. The lowest BCUT2D eigenvalue weighted by Gasteiger charge is -2.23. The normalized spacial score (nSPS) is 19.9. The smallest absolute Gasteiger partial charge is 0.316 e. The summed E-state index contributed by atoms with van der Waals surface area (Å²) in [7, 11) is 0. The summed E-state index contributed by atoms with van der Waals surface area (Å²) >= 11 is 0. The first kappa shape index (κ1) is 17.4. The van der Waals surface area contributed by atoms with Crippen molar-refractivity contribution in [3.8, 4) is 6.01 Å². The Morgan fingerprint density at radius 3 is 2.60 bits per heavy atom. The largest absolute Gasteiger partial charge is 0.460 e. The predicted molar refractivity (Wildman–Crippen MR) is 93.3 cm³/mol. The van der Waals surface area contributed by atoms with Crippen LogP contribution in [0.2, 0.25) is 0 Å². The summed E-state index contributed by atoms with van der Waals surface area (Å²) in [6.45, 7) is 4.61. The highest BCUT2D eigenvalue weighted by Crippen LogP contribution is 2.23. The molecule has 1 unspecified atom stereocenters. The lowest BCUT2D eigenvalue weighted by Crippen LogP contribution is -2.41. The molecule has 0 saturated carbocycles. The molecule has 25 heavy (non-hydrogen) atoms. The van der Waals surface area contributed by atoms with E-state index in [1.54, 1.807) is 4.90 Å². The Labute approximate surface area is 147 Å². The van der Waals surface area contributed by atoms with Crippen LogP contribution in [0.25, 0.3) is 0 Å². The molecule has 1 aliphatic rings. The molecule has 2 heterocycles. The monoisotopic (exact) mass is 341 g/mol. The predicted octanol–water partition coefficient (Wildman–Crippen LogP) is 1.68. The first-order valence-electron chi connectivity index (χ1n) is 8.43. The van der Waals surface area contributed by atoms with Gasteiger partial charge in [0, 0.05) is 17.9 Å². The minimum Gasteiger partial charge on any atom is -0.460 e. The first-order valence-corrected chi connectivity index (χ1v) is 8.43. The molecule has 1 amide bonds. The van der Waals surface area contributed by atoms with Crippen LogP contribution in [0.15, 0.2) is 36.4 Å². The fraction of sp³-hybridized carbons (Fsp3) is 0.421. The number of ether oxygens (including phenoxy) is 1. The molecule has 6 heteroatoms. The number of likely N-dealkylation sites (tertiary alicyclic amines) is 1. The van der Waals surface area contributed by atoms with E-state index in [-0.39, 0.29) is 25.1 Å². The van der Waals surface area contributed by atoms with E-state index in [4.69, 9.17) is 4.74 Å². The lowest BCUT2D eigenvalue weighted by molar-refractivity contribution is -0.130. The van der Waals surface area contributed by atoms with Crippen molar-refractivity contribution in [3.63, 3.8) is 0 Å². The SMILES string of the molecule is Cc1cc(C)nc(OCC2(O)CCN(C(=O)Cc3ccccc3)C2)n1. The Hall–Kier alpha value is -2.47. The maximum atomic E-state index is 12.4. The van der Waals surface area contributed by atoms with Crippen LogP contribution in [0, 0.1) is 13.8 Å². The van der Waals surface area contributed by atoms with E-state index in [1.165, 1.54) is 0 Å².